The Kier molecular flexibility index (Phi) is 3.99. The minimum Gasteiger partial charge on any atom is -0.330 e. The number of benzene rings is 1. The van der Waals surface area contributed by atoms with Crippen LogP contribution in [-0.2, 0) is 12.7 Å². The molecule has 5 heteroatoms. The van der Waals surface area contributed by atoms with Gasteiger partial charge < -0.3 is 4.90 Å². The Balaban J connectivity index is 1.98. The van der Waals surface area contributed by atoms with Crippen molar-refractivity contribution in [2.24, 2.45) is 0 Å². The first kappa shape index (κ1) is 12.8. The van der Waals surface area contributed by atoms with Crippen LogP contribution in [0.5, 0.6) is 0 Å². The van der Waals surface area contributed by atoms with Crippen molar-refractivity contribution < 1.29 is 18.1 Å². The lowest BCUT2D eigenvalue weighted by Gasteiger charge is -2.23. The molecule has 1 aliphatic rings. The quantitative estimate of drug-likeness (QED) is 0.852. The van der Waals surface area contributed by atoms with Gasteiger partial charge in [0.2, 0.25) is 0 Å². The summed E-state index contributed by atoms with van der Waals surface area (Å²) >= 11 is 1.95. The molecule has 1 N–H and O–H groups in total. The molecule has 17 heavy (non-hydrogen) atoms. The molecular formula is C12H15F3NS+. The van der Waals surface area contributed by atoms with Gasteiger partial charge in [-0.15, -0.1) is 0 Å². The van der Waals surface area contributed by atoms with E-state index < -0.39 is 11.7 Å². The van der Waals surface area contributed by atoms with Crippen LogP contribution in [0.4, 0.5) is 13.2 Å². The predicted octanol–water partition coefficient (Wildman–Crippen LogP) is 1.84. The Morgan fingerprint density at radius 3 is 2.18 bits per heavy atom. The number of rotatable bonds is 2. The highest BCUT2D eigenvalue weighted by molar-refractivity contribution is 7.99. The summed E-state index contributed by atoms with van der Waals surface area (Å²) in [6.07, 6.45) is -4.23. The van der Waals surface area contributed by atoms with Crippen molar-refractivity contribution in [1.82, 2.24) is 0 Å². The maximum Gasteiger partial charge on any atom is 0.416 e. The van der Waals surface area contributed by atoms with Crippen molar-refractivity contribution in [3.05, 3.63) is 35.4 Å². The van der Waals surface area contributed by atoms with Crippen molar-refractivity contribution in [2.75, 3.05) is 24.6 Å². The first-order valence-corrected chi connectivity index (χ1v) is 6.78. The highest BCUT2D eigenvalue weighted by atomic mass is 32.2. The zero-order chi connectivity index (χ0) is 12.3. The summed E-state index contributed by atoms with van der Waals surface area (Å²) in [7, 11) is 0. The van der Waals surface area contributed by atoms with Gasteiger partial charge in [0.1, 0.15) is 6.54 Å². The minimum absolute atomic E-state index is 0.564. The summed E-state index contributed by atoms with van der Waals surface area (Å²) in [4.78, 5) is 1.46. The van der Waals surface area contributed by atoms with E-state index in [1.165, 1.54) is 17.0 Å². The maximum atomic E-state index is 12.4. The van der Waals surface area contributed by atoms with Gasteiger partial charge in [0.05, 0.1) is 18.7 Å². The molecule has 1 aromatic rings. The zero-order valence-corrected chi connectivity index (χ0v) is 10.2. The molecule has 0 atom stereocenters. The fraction of sp³-hybridized carbons (Fsp3) is 0.500. The fourth-order valence-electron chi connectivity index (χ4n) is 1.94. The van der Waals surface area contributed by atoms with Crippen LogP contribution in [0, 0.1) is 0 Å². The molecule has 0 radical (unpaired) electrons. The monoisotopic (exact) mass is 262 g/mol. The van der Waals surface area contributed by atoms with Crippen molar-refractivity contribution in [1.29, 1.82) is 0 Å². The lowest BCUT2D eigenvalue weighted by atomic mass is 10.1. The van der Waals surface area contributed by atoms with E-state index in [4.69, 9.17) is 0 Å². The number of quaternary nitrogens is 1. The third kappa shape index (κ3) is 3.64. The van der Waals surface area contributed by atoms with Crippen molar-refractivity contribution >= 4 is 11.8 Å². The summed E-state index contributed by atoms with van der Waals surface area (Å²) in [5, 5.41) is 0. The van der Waals surface area contributed by atoms with Gasteiger partial charge in [-0.3, -0.25) is 0 Å². The Bertz CT molecular complexity index is 355. The van der Waals surface area contributed by atoms with E-state index in [0.717, 1.165) is 36.7 Å². The average Bonchev–Trinajstić information content (AvgIpc) is 2.30. The average molecular weight is 262 g/mol. The lowest BCUT2D eigenvalue weighted by Crippen LogP contribution is -3.12. The molecule has 0 spiro atoms. The number of alkyl halides is 3. The molecule has 0 bridgehead atoms. The number of thioether (sulfide) groups is 1. The molecule has 0 aromatic heterocycles. The molecule has 1 heterocycles. The highest BCUT2D eigenvalue weighted by Crippen LogP contribution is 2.28. The van der Waals surface area contributed by atoms with Gasteiger partial charge in [0.15, 0.2) is 0 Å². The Hall–Kier alpha value is -0.680. The number of hydrogen-bond acceptors (Lipinski definition) is 1. The predicted molar refractivity (Wildman–Crippen MR) is 63.2 cm³/mol. The molecule has 1 aliphatic heterocycles. The molecule has 1 saturated heterocycles. The van der Waals surface area contributed by atoms with E-state index in [0.29, 0.717) is 0 Å². The first-order chi connectivity index (χ1) is 8.05. The topological polar surface area (TPSA) is 4.44 Å². The third-order valence-corrected chi connectivity index (χ3v) is 3.92. The van der Waals surface area contributed by atoms with E-state index in [1.807, 2.05) is 11.8 Å². The van der Waals surface area contributed by atoms with Gasteiger partial charge in [-0.05, 0) is 12.1 Å². The molecular weight excluding hydrogens is 247 g/mol. The normalized spacial score (nSPS) is 18.3. The molecule has 0 aliphatic carbocycles. The summed E-state index contributed by atoms with van der Waals surface area (Å²) in [6.45, 7) is 3.04. The van der Waals surface area contributed by atoms with Crippen molar-refractivity contribution in [3.8, 4) is 0 Å². The van der Waals surface area contributed by atoms with Gasteiger partial charge in [-0.25, -0.2) is 0 Å². The van der Waals surface area contributed by atoms with E-state index in [-0.39, 0.29) is 0 Å². The largest absolute Gasteiger partial charge is 0.416 e. The molecule has 94 valence electrons. The Morgan fingerprint density at radius 1 is 1.06 bits per heavy atom. The second-order valence-corrected chi connectivity index (χ2v) is 5.46. The smallest absolute Gasteiger partial charge is 0.330 e. The number of hydrogen-bond donors (Lipinski definition) is 1. The summed E-state index contributed by atoms with van der Waals surface area (Å²) in [6, 6.07) is 5.54. The Labute approximate surface area is 103 Å². The van der Waals surface area contributed by atoms with E-state index in [9.17, 15) is 13.2 Å². The summed E-state index contributed by atoms with van der Waals surface area (Å²) in [5.74, 6) is 2.30. The Morgan fingerprint density at radius 2 is 1.65 bits per heavy atom. The van der Waals surface area contributed by atoms with E-state index in [2.05, 4.69) is 0 Å². The molecule has 0 saturated carbocycles. The molecule has 1 aromatic carbocycles. The van der Waals surface area contributed by atoms with Crippen LogP contribution in [0.3, 0.4) is 0 Å². The molecule has 2 rings (SSSR count). The SMILES string of the molecule is FC(F)(F)c1ccc(C[NH+]2CCSCC2)cc1. The van der Waals surface area contributed by atoms with E-state index in [1.54, 1.807) is 12.1 Å². The molecule has 1 fully saturated rings. The fourth-order valence-corrected chi connectivity index (χ4v) is 3.01. The van der Waals surface area contributed by atoms with Crippen LogP contribution in [0.1, 0.15) is 11.1 Å². The van der Waals surface area contributed by atoms with Gasteiger partial charge in [0, 0.05) is 17.1 Å². The van der Waals surface area contributed by atoms with Crippen molar-refractivity contribution in [2.45, 2.75) is 12.7 Å². The van der Waals surface area contributed by atoms with Gasteiger partial charge in [-0.1, -0.05) is 12.1 Å². The second-order valence-electron chi connectivity index (χ2n) is 4.23. The minimum atomic E-state index is -4.23. The number of halogens is 3. The van der Waals surface area contributed by atoms with Gasteiger partial charge in [-0.2, -0.15) is 24.9 Å². The zero-order valence-electron chi connectivity index (χ0n) is 9.39. The van der Waals surface area contributed by atoms with Crippen LogP contribution in [-0.4, -0.2) is 24.6 Å². The highest BCUT2D eigenvalue weighted by Gasteiger charge is 2.30. The van der Waals surface area contributed by atoms with Crippen LogP contribution < -0.4 is 4.90 Å². The molecule has 1 nitrogen and oxygen atoms in total. The number of nitrogens with one attached hydrogen (secondary N) is 1. The lowest BCUT2D eigenvalue weighted by molar-refractivity contribution is -0.910. The van der Waals surface area contributed by atoms with Crippen LogP contribution in [0.2, 0.25) is 0 Å². The van der Waals surface area contributed by atoms with Gasteiger partial charge >= 0.3 is 6.18 Å². The molecule has 0 amide bonds. The summed E-state index contributed by atoms with van der Waals surface area (Å²) in [5.41, 5.74) is 0.422. The first-order valence-electron chi connectivity index (χ1n) is 5.63. The second kappa shape index (κ2) is 5.31. The molecule has 0 unspecified atom stereocenters. The third-order valence-electron chi connectivity index (χ3n) is 2.94. The van der Waals surface area contributed by atoms with E-state index >= 15 is 0 Å². The van der Waals surface area contributed by atoms with Crippen LogP contribution in [0.15, 0.2) is 24.3 Å². The maximum absolute atomic E-state index is 12.4. The standard InChI is InChI=1S/C12H14F3NS/c13-12(14,15)11-3-1-10(2-4-11)9-16-5-7-17-8-6-16/h1-4H,5-9H2/p+1. The van der Waals surface area contributed by atoms with Crippen molar-refractivity contribution in [3.63, 3.8) is 0 Å². The van der Waals surface area contributed by atoms with Gasteiger partial charge in [0.25, 0.3) is 0 Å². The van der Waals surface area contributed by atoms with Crippen LogP contribution in [0.25, 0.3) is 0 Å². The summed E-state index contributed by atoms with van der Waals surface area (Å²) < 4.78 is 37.1. The van der Waals surface area contributed by atoms with Crippen LogP contribution >= 0.6 is 11.8 Å².